The topological polar surface area (TPSA) is 93.2 Å². The highest BCUT2D eigenvalue weighted by Gasteiger charge is 2.15. The van der Waals surface area contributed by atoms with Crippen LogP contribution in [0.2, 0.25) is 0 Å². The zero-order chi connectivity index (χ0) is 24.8. The van der Waals surface area contributed by atoms with Crippen LogP contribution < -0.4 is 20.2 Å². The minimum absolute atomic E-state index is 0.125. The van der Waals surface area contributed by atoms with Gasteiger partial charge >= 0.3 is 0 Å². The molecule has 0 unspecified atom stereocenters. The summed E-state index contributed by atoms with van der Waals surface area (Å²) in [5, 5.41) is 10.0. The molecule has 1 aromatic heterocycles. The minimum Gasteiger partial charge on any atom is -0.496 e. The number of halogens is 1. The molecule has 8 nitrogen and oxygen atoms in total. The Bertz CT molecular complexity index is 1380. The number of nitrogens with zero attached hydrogens (tertiary/aromatic N) is 2. The Morgan fingerprint density at radius 3 is 2.66 bits per heavy atom. The van der Waals surface area contributed by atoms with Crippen molar-refractivity contribution in [3.8, 4) is 22.9 Å². The summed E-state index contributed by atoms with van der Waals surface area (Å²) >= 11 is 8.93. The summed E-state index contributed by atoms with van der Waals surface area (Å²) in [4.78, 5) is 12.4. The maximum atomic E-state index is 12.4. The first kappa shape index (κ1) is 24.5. The standard InChI is InChI=1S/C25H24BrN5O3S/c1-16-7-10-19(11-8-16)28-23(32)15-34-21-12-9-18(26)13-17(21)14-27-31-24(29-30-25(31)35)20-5-3-4-6-22(20)33-2/h3-13,27H,14-15H2,1-2H3,(H,28,32)(H,30,35). The van der Waals surface area contributed by atoms with Crippen LogP contribution in [0.5, 0.6) is 11.5 Å². The van der Waals surface area contributed by atoms with Crippen molar-refractivity contribution in [2.75, 3.05) is 24.5 Å². The second kappa shape index (κ2) is 11.2. The van der Waals surface area contributed by atoms with E-state index in [0.29, 0.717) is 28.6 Å². The third-order valence-electron chi connectivity index (χ3n) is 5.16. The first-order valence-corrected chi connectivity index (χ1v) is 12.0. The van der Waals surface area contributed by atoms with E-state index in [4.69, 9.17) is 21.7 Å². The average molecular weight is 554 g/mol. The van der Waals surface area contributed by atoms with Gasteiger partial charge in [-0.1, -0.05) is 45.8 Å². The second-order valence-electron chi connectivity index (χ2n) is 7.68. The molecule has 4 aromatic rings. The van der Waals surface area contributed by atoms with Crippen molar-refractivity contribution in [2.45, 2.75) is 13.5 Å². The molecule has 0 spiro atoms. The summed E-state index contributed by atoms with van der Waals surface area (Å²) in [6.07, 6.45) is 0. The zero-order valence-corrected chi connectivity index (χ0v) is 21.6. The van der Waals surface area contributed by atoms with Gasteiger partial charge in [-0.15, -0.1) is 0 Å². The van der Waals surface area contributed by atoms with E-state index in [9.17, 15) is 4.79 Å². The molecule has 10 heteroatoms. The number of anilines is 1. The smallest absolute Gasteiger partial charge is 0.262 e. The van der Waals surface area contributed by atoms with Crippen molar-refractivity contribution in [3.63, 3.8) is 0 Å². The summed E-state index contributed by atoms with van der Waals surface area (Å²) < 4.78 is 14.3. The summed E-state index contributed by atoms with van der Waals surface area (Å²) in [6, 6.07) is 20.8. The van der Waals surface area contributed by atoms with Gasteiger partial charge in [-0.2, -0.15) is 5.10 Å². The summed E-state index contributed by atoms with van der Waals surface area (Å²) in [5.41, 5.74) is 6.75. The van der Waals surface area contributed by atoms with E-state index in [1.54, 1.807) is 11.8 Å². The van der Waals surface area contributed by atoms with Crippen molar-refractivity contribution in [1.82, 2.24) is 14.9 Å². The third-order valence-corrected chi connectivity index (χ3v) is 5.93. The van der Waals surface area contributed by atoms with Gasteiger partial charge in [0.2, 0.25) is 4.77 Å². The molecule has 0 saturated heterocycles. The van der Waals surface area contributed by atoms with E-state index >= 15 is 0 Å². The number of hydrogen-bond donors (Lipinski definition) is 3. The molecule has 0 fully saturated rings. The molecule has 0 aliphatic heterocycles. The molecule has 180 valence electrons. The minimum atomic E-state index is -0.244. The monoisotopic (exact) mass is 553 g/mol. The molecule has 0 atom stereocenters. The number of amides is 1. The Balaban J connectivity index is 1.48. The number of H-pyrrole nitrogens is 1. The summed E-state index contributed by atoms with van der Waals surface area (Å²) in [5.74, 6) is 1.60. The fourth-order valence-electron chi connectivity index (χ4n) is 3.42. The van der Waals surface area contributed by atoms with Gasteiger partial charge in [0, 0.05) is 15.7 Å². The van der Waals surface area contributed by atoms with Gasteiger partial charge in [-0.25, -0.2) is 9.77 Å². The second-order valence-corrected chi connectivity index (χ2v) is 8.98. The number of aryl methyl sites for hydroxylation is 1. The van der Waals surface area contributed by atoms with Crippen LogP contribution in [-0.2, 0) is 11.3 Å². The molecule has 4 rings (SSSR count). The Morgan fingerprint density at radius 1 is 1.11 bits per heavy atom. The highest BCUT2D eigenvalue weighted by Crippen LogP contribution is 2.28. The quantitative estimate of drug-likeness (QED) is 0.239. The maximum Gasteiger partial charge on any atom is 0.262 e. The molecule has 3 aromatic carbocycles. The number of nitrogens with one attached hydrogen (secondary N) is 3. The Hall–Kier alpha value is -3.63. The highest BCUT2D eigenvalue weighted by molar-refractivity contribution is 9.10. The Morgan fingerprint density at radius 2 is 1.89 bits per heavy atom. The first-order valence-electron chi connectivity index (χ1n) is 10.8. The number of aromatic amines is 1. The molecule has 1 heterocycles. The predicted molar refractivity (Wildman–Crippen MR) is 142 cm³/mol. The van der Waals surface area contributed by atoms with Gasteiger partial charge in [-0.3, -0.25) is 4.79 Å². The zero-order valence-electron chi connectivity index (χ0n) is 19.2. The summed E-state index contributed by atoms with van der Waals surface area (Å²) in [6.45, 7) is 2.23. The SMILES string of the molecule is COc1ccccc1-c1n[nH]c(=S)n1NCc1cc(Br)ccc1OCC(=O)Nc1ccc(C)cc1. The van der Waals surface area contributed by atoms with Crippen LogP contribution in [0.1, 0.15) is 11.1 Å². The fourth-order valence-corrected chi connectivity index (χ4v) is 4.03. The van der Waals surface area contributed by atoms with Gasteiger partial charge in [0.1, 0.15) is 11.5 Å². The predicted octanol–water partition coefficient (Wildman–Crippen LogP) is 5.45. The summed E-state index contributed by atoms with van der Waals surface area (Å²) in [7, 11) is 1.61. The van der Waals surface area contributed by atoms with Gasteiger partial charge in [0.25, 0.3) is 5.91 Å². The first-order chi connectivity index (χ1) is 16.9. The van der Waals surface area contributed by atoms with Crippen LogP contribution >= 0.6 is 28.1 Å². The van der Waals surface area contributed by atoms with E-state index in [2.05, 4.69) is 36.9 Å². The largest absolute Gasteiger partial charge is 0.496 e. The molecule has 0 saturated carbocycles. The fraction of sp³-hybridized carbons (Fsp3) is 0.160. The van der Waals surface area contributed by atoms with Crippen LogP contribution in [0.4, 0.5) is 5.69 Å². The maximum absolute atomic E-state index is 12.4. The van der Waals surface area contributed by atoms with Crippen LogP contribution in [0.25, 0.3) is 11.4 Å². The number of carbonyl (C=O) groups excluding carboxylic acids is 1. The van der Waals surface area contributed by atoms with Crippen molar-refractivity contribution < 1.29 is 14.3 Å². The Labute approximate surface area is 216 Å². The number of carbonyl (C=O) groups is 1. The molecule has 0 aliphatic carbocycles. The van der Waals surface area contributed by atoms with E-state index in [0.717, 1.165) is 26.9 Å². The van der Waals surface area contributed by atoms with Gasteiger partial charge < -0.3 is 20.2 Å². The van der Waals surface area contributed by atoms with Gasteiger partial charge in [0.05, 0.1) is 19.2 Å². The van der Waals surface area contributed by atoms with Crippen LogP contribution in [0.3, 0.4) is 0 Å². The van der Waals surface area contributed by atoms with Crippen LogP contribution in [0.15, 0.2) is 71.2 Å². The molecule has 35 heavy (non-hydrogen) atoms. The van der Waals surface area contributed by atoms with E-state index in [-0.39, 0.29) is 12.5 Å². The van der Waals surface area contributed by atoms with E-state index < -0.39 is 0 Å². The lowest BCUT2D eigenvalue weighted by Gasteiger charge is -2.15. The third kappa shape index (κ3) is 6.09. The number of methoxy groups -OCH3 is 1. The van der Waals surface area contributed by atoms with Crippen molar-refractivity contribution >= 4 is 39.7 Å². The molecule has 0 aliphatic rings. The Kier molecular flexibility index (Phi) is 7.84. The number of hydrogen-bond acceptors (Lipinski definition) is 6. The van der Waals surface area contributed by atoms with Crippen molar-refractivity contribution in [3.05, 3.63) is 87.1 Å². The van der Waals surface area contributed by atoms with Crippen LogP contribution in [0, 0.1) is 11.7 Å². The normalized spacial score (nSPS) is 10.6. The number of para-hydroxylation sites is 1. The molecule has 1 amide bonds. The van der Waals surface area contributed by atoms with E-state index in [1.165, 1.54) is 0 Å². The average Bonchev–Trinajstić information content (AvgIpc) is 3.23. The molecule has 0 radical (unpaired) electrons. The lowest BCUT2D eigenvalue weighted by atomic mass is 10.2. The van der Waals surface area contributed by atoms with Crippen molar-refractivity contribution in [1.29, 1.82) is 0 Å². The lowest BCUT2D eigenvalue weighted by Crippen LogP contribution is -2.21. The highest BCUT2D eigenvalue weighted by atomic mass is 79.9. The van der Waals surface area contributed by atoms with Gasteiger partial charge in [-0.05, 0) is 61.6 Å². The number of aromatic nitrogens is 3. The molecular formula is C25H24BrN5O3S. The molecule has 3 N–H and O–H groups in total. The molecule has 0 bridgehead atoms. The van der Waals surface area contributed by atoms with E-state index in [1.807, 2.05) is 73.7 Å². The van der Waals surface area contributed by atoms with Crippen LogP contribution in [-0.4, -0.2) is 34.5 Å². The number of rotatable bonds is 9. The number of ether oxygens (including phenoxy) is 2. The lowest BCUT2D eigenvalue weighted by molar-refractivity contribution is -0.118. The van der Waals surface area contributed by atoms with Crippen molar-refractivity contribution in [2.24, 2.45) is 0 Å². The number of benzene rings is 3. The molecular weight excluding hydrogens is 530 g/mol. The van der Waals surface area contributed by atoms with Gasteiger partial charge in [0.15, 0.2) is 12.4 Å².